The minimum absolute atomic E-state index is 0.0657. The number of fused-ring (bicyclic) bond motifs is 1. The molecule has 2 aliphatic rings. The minimum Gasteiger partial charge on any atom is -0.494 e. The smallest absolute Gasteiger partial charge is 0.238 e. The highest BCUT2D eigenvalue weighted by Gasteiger charge is 2.36. The number of carbonyl (C=O) groups is 2. The maximum atomic E-state index is 13.3. The van der Waals surface area contributed by atoms with Crippen molar-refractivity contribution in [1.82, 2.24) is 4.90 Å². The summed E-state index contributed by atoms with van der Waals surface area (Å²) < 4.78 is 16.4. The van der Waals surface area contributed by atoms with Crippen LogP contribution in [0.5, 0.6) is 17.2 Å². The van der Waals surface area contributed by atoms with E-state index in [1.54, 1.807) is 4.90 Å². The van der Waals surface area contributed by atoms with E-state index in [1.165, 1.54) is 11.8 Å². The van der Waals surface area contributed by atoms with E-state index in [1.807, 2.05) is 79.7 Å². The third-order valence-electron chi connectivity index (χ3n) is 5.62. The Hall–Kier alpha value is -3.98. The Bertz CT molecular complexity index is 1280. The first kappa shape index (κ1) is 23.7. The van der Waals surface area contributed by atoms with E-state index < -0.39 is 5.25 Å². The average Bonchev–Trinajstić information content (AvgIpc) is 3.36. The molecular weight excluding hydrogens is 478 g/mol. The summed E-state index contributed by atoms with van der Waals surface area (Å²) in [4.78, 5) is 32.7. The van der Waals surface area contributed by atoms with E-state index in [0.29, 0.717) is 41.2 Å². The molecule has 2 heterocycles. The van der Waals surface area contributed by atoms with E-state index in [9.17, 15) is 9.59 Å². The molecule has 2 amide bonds. The van der Waals surface area contributed by atoms with E-state index in [4.69, 9.17) is 19.2 Å². The number of amidine groups is 1. The van der Waals surface area contributed by atoms with Gasteiger partial charge in [0.2, 0.25) is 18.6 Å². The molecule has 3 aromatic rings. The number of benzene rings is 3. The predicted octanol–water partition coefficient (Wildman–Crippen LogP) is 4.97. The second-order valence-electron chi connectivity index (χ2n) is 8.15. The molecule has 8 nitrogen and oxygen atoms in total. The van der Waals surface area contributed by atoms with E-state index in [-0.39, 0.29) is 25.0 Å². The van der Waals surface area contributed by atoms with Crippen LogP contribution < -0.4 is 19.5 Å². The molecule has 0 aromatic heterocycles. The van der Waals surface area contributed by atoms with Crippen molar-refractivity contribution in [1.29, 1.82) is 0 Å². The normalized spacial score (nSPS) is 17.8. The van der Waals surface area contributed by atoms with Gasteiger partial charge in [-0.3, -0.25) is 14.5 Å². The van der Waals surface area contributed by atoms with Crippen LogP contribution in [-0.2, 0) is 16.1 Å². The summed E-state index contributed by atoms with van der Waals surface area (Å²) in [5, 5.41) is 2.75. The van der Waals surface area contributed by atoms with Gasteiger partial charge in [0.25, 0.3) is 0 Å². The molecule has 3 aromatic carbocycles. The van der Waals surface area contributed by atoms with Crippen molar-refractivity contribution in [2.24, 2.45) is 4.99 Å². The number of aliphatic imine (C=N–C) groups is 1. The summed E-state index contributed by atoms with van der Waals surface area (Å²) in [6.07, 6.45) is 0.0657. The van der Waals surface area contributed by atoms with E-state index in [0.717, 1.165) is 11.3 Å². The topological polar surface area (TPSA) is 89.5 Å². The largest absolute Gasteiger partial charge is 0.494 e. The summed E-state index contributed by atoms with van der Waals surface area (Å²) in [7, 11) is 0. The number of carbonyl (C=O) groups excluding carboxylic acids is 2. The zero-order chi connectivity index (χ0) is 24.9. The summed E-state index contributed by atoms with van der Waals surface area (Å²) in [5.74, 6) is 1.66. The fourth-order valence-corrected chi connectivity index (χ4v) is 4.95. The van der Waals surface area contributed by atoms with Gasteiger partial charge in [-0.15, -0.1) is 0 Å². The quantitative estimate of drug-likeness (QED) is 0.490. The lowest BCUT2D eigenvalue weighted by Gasteiger charge is -2.32. The molecule has 2 aliphatic heterocycles. The second kappa shape index (κ2) is 10.7. The highest BCUT2D eigenvalue weighted by molar-refractivity contribution is 8.15. The SMILES string of the molecule is CCOc1ccc(N=C2SC(C(=O)Nc3ccccc3)CC(=O)N2Cc2ccc3c(c2)OCO3)cc1. The van der Waals surface area contributed by atoms with Crippen LogP contribution in [0.2, 0.25) is 0 Å². The van der Waals surface area contributed by atoms with Gasteiger partial charge in [-0.05, 0) is 61.0 Å². The molecule has 1 unspecified atom stereocenters. The van der Waals surface area contributed by atoms with Crippen molar-refractivity contribution >= 4 is 40.1 Å². The number of anilines is 1. The monoisotopic (exact) mass is 503 g/mol. The Morgan fingerprint density at radius 1 is 1.08 bits per heavy atom. The predicted molar refractivity (Wildman–Crippen MR) is 139 cm³/mol. The fraction of sp³-hybridized carbons (Fsp3) is 0.222. The maximum absolute atomic E-state index is 13.3. The molecule has 9 heteroatoms. The molecule has 36 heavy (non-hydrogen) atoms. The zero-order valence-electron chi connectivity index (χ0n) is 19.7. The molecule has 1 atom stereocenters. The number of para-hydroxylation sites is 1. The van der Waals surface area contributed by atoms with Crippen molar-refractivity contribution < 1.29 is 23.8 Å². The fourth-order valence-electron chi connectivity index (χ4n) is 3.86. The second-order valence-corrected chi connectivity index (χ2v) is 9.32. The molecule has 0 radical (unpaired) electrons. The first-order valence-corrected chi connectivity index (χ1v) is 12.5. The minimum atomic E-state index is -0.604. The molecule has 1 fully saturated rings. The number of hydrogen-bond acceptors (Lipinski definition) is 7. The third kappa shape index (κ3) is 5.46. The summed E-state index contributed by atoms with van der Waals surface area (Å²) >= 11 is 1.28. The number of rotatable bonds is 7. The van der Waals surface area contributed by atoms with Crippen molar-refractivity contribution in [3.63, 3.8) is 0 Å². The molecular formula is C27H25N3O5S. The van der Waals surface area contributed by atoms with Gasteiger partial charge in [0.05, 0.1) is 18.8 Å². The van der Waals surface area contributed by atoms with Crippen LogP contribution in [0.4, 0.5) is 11.4 Å². The number of nitrogens with one attached hydrogen (secondary N) is 1. The van der Waals surface area contributed by atoms with Crippen LogP contribution in [0.25, 0.3) is 0 Å². The molecule has 0 saturated carbocycles. The van der Waals surface area contributed by atoms with Crippen LogP contribution in [0.1, 0.15) is 18.9 Å². The Kier molecular flexibility index (Phi) is 7.08. The molecule has 0 spiro atoms. The van der Waals surface area contributed by atoms with Crippen molar-refractivity contribution in [2.75, 3.05) is 18.7 Å². The van der Waals surface area contributed by atoms with Gasteiger partial charge in [0.1, 0.15) is 11.0 Å². The van der Waals surface area contributed by atoms with Gasteiger partial charge in [-0.1, -0.05) is 36.0 Å². The lowest BCUT2D eigenvalue weighted by atomic mass is 10.1. The molecule has 0 aliphatic carbocycles. The Morgan fingerprint density at radius 2 is 1.86 bits per heavy atom. The van der Waals surface area contributed by atoms with Gasteiger partial charge in [-0.25, -0.2) is 4.99 Å². The molecule has 5 rings (SSSR count). The lowest BCUT2D eigenvalue weighted by Crippen LogP contribution is -2.44. The molecule has 184 valence electrons. The maximum Gasteiger partial charge on any atom is 0.238 e. The molecule has 0 bridgehead atoms. The standard InChI is InChI=1S/C27H25N3O5S/c1-2-33-21-11-9-20(10-12-21)29-27-30(16-18-8-13-22-23(14-18)35-17-34-22)25(31)15-24(36-27)26(32)28-19-6-4-3-5-7-19/h3-14,24H,2,15-17H2,1H3,(H,28,32). The van der Waals surface area contributed by atoms with Crippen LogP contribution in [0.3, 0.4) is 0 Å². The van der Waals surface area contributed by atoms with Gasteiger partial charge < -0.3 is 19.5 Å². The first-order valence-electron chi connectivity index (χ1n) is 11.6. The van der Waals surface area contributed by atoms with Gasteiger partial charge in [-0.2, -0.15) is 0 Å². The van der Waals surface area contributed by atoms with Crippen LogP contribution in [-0.4, -0.2) is 40.5 Å². The third-order valence-corrected chi connectivity index (χ3v) is 6.81. The summed E-state index contributed by atoms with van der Waals surface area (Å²) in [5.41, 5.74) is 2.22. The van der Waals surface area contributed by atoms with Gasteiger partial charge in [0, 0.05) is 12.1 Å². The van der Waals surface area contributed by atoms with Crippen LogP contribution in [0, 0.1) is 0 Å². The van der Waals surface area contributed by atoms with Crippen molar-refractivity contribution in [3.05, 3.63) is 78.4 Å². The van der Waals surface area contributed by atoms with E-state index >= 15 is 0 Å². The van der Waals surface area contributed by atoms with Crippen molar-refractivity contribution in [3.8, 4) is 17.2 Å². The Balaban J connectivity index is 1.40. The summed E-state index contributed by atoms with van der Waals surface area (Å²) in [6.45, 7) is 2.97. The zero-order valence-corrected chi connectivity index (χ0v) is 20.5. The highest BCUT2D eigenvalue weighted by Crippen LogP contribution is 2.35. The molecule has 1 saturated heterocycles. The Labute approximate surface area is 213 Å². The number of amides is 2. The molecule has 1 N–H and O–H groups in total. The number of hydrogen-bond donors (Lipinski definition) is 1. The first-order chi connectivity index (χ1) is 17.6. The van der Waals surface area contributed by atoms with E-state index in [2.05, 4.69) is 5.32 Å². The number of thioether (sulfide) groups is 1. The van der Waals surface area contributed by atoms with Gasteiger partial charge >= 0.3 is 0 Å². The van der Waals surface area contributed by atoms with Crippen molar-refractivity contribution in [2.45, 2.75) is 25.1 Å². The highest BCUT2D eigenvalue weighted by atomic mass is 32.2. The number of nitrogens with zero attached hydrogens (tertiary/aromatic N) is 2. The number of ether oxygens (including phenoxy) is 3. The average molecular weight is 504 g/mol. The van der Waals surface area contributed by atoms with Crippen LogP contribution in [0.15, 0.2) is 77.8 Å². The van der Waals surface area contributed by atoms with Crippen LogP contribution >= 0.6 is 11.8 Å². The lowest BCUT2D eigenvalue weighted by molar-refractivity contribution is -0.129. The summed E-state index contributed by atoms with van der Waals surface area (Å²) in [6, 6.07) is 22.1. The Morgan fingerprint density at radius 3 is 2.64 bits per heavy atom. The van der Waals surface area contributed by atoms with Gasteiger partial charge in [0.15, 0.2) is 16.7 Å².